The summed E-state index contributed by atoms with van der Waals surface area (Å²) >= 11 is 0. The summed E-state index contributed by atoms with van der Waals surface area (Å²) in [5.74, 6) is 0.774. The minimum atomic E-state index is -4.42. The van der Waals surface area contributed by atoms with E-state index in [1.807, 2.05) is 39.0 Å². The van der Waals surface area contributed by atoms with Gasteiger partial charge in [-0.3, -0.25) is 14.3 Å². The monoisotopic (exact) mass is 561 g/mol. The molecular formula is C30H31N3O6S. The molecule has 3 heterocycles. The van der Waals surface area contributed by atoms with Crippen LogP contribution in [0.1, 0.15) is 56.1 Å². The number of rotatable bonds is 9. The normalized spacial score (nSPS) is 13.4. The van der Waals surface area contributed by atoms with Crippen LogP contribution in [0.3, 0.4) is 0 Å². The topological polar surface area (TPSA) is 121 Å². The Balaban J connectivity index is 1.65. The Morgan fingerprint density at radius 1 is 1.07 bits per heavy atom. The van der Waals surface area contributed by atoms with Crippen LogP contribution < -0.4 is 15.0 Å². The summed E-state index contributed by atoms with van der Waals surface area (Å²) in [7, 11) is -4.42. The number of para-hydroxylation sites is 1. The van der Waals surface area contributed by atoms with E-state index in [-0.39, 0.29) is 11.7 Å². The van der Waals surface area contributed by atoms with Crippen LogP contribution in [-0.2, 0) is 16.3 Å². The highest BCUT2D eigenvalue weighted by Gasteiger charge is 2.33. The van der Waals surface area contributed by atoms with Crippen LogP contribution in [0.5, 0.6) is 17.4 Å². The molecule has 40 heavy (non-hydrogen) atoms. The zero-order valence-electron chi connectivity index (χ0n) is 22.6. The SMILES string of the molecule is CCCCc1nc(=O)c(S(=O)(=O)c2ccc(-c3ccncc3C)cc2)c(O)n1C(CC)c1cccc2c1OCO2. The fourth-order valence-electron chi connectivity index (χ4n) is 5.11. The van der Waals surface area contributed by atoms with E-state index in [4.69, 9.17) is 9.47 Å². The van der Waals surface area contributed by atoms with Gasteiger partial charge in [0.25, 0.3) is 5.56 Å². The predicted octanol–water partition coefficient (Wildman–Crippen LogP) is 5.22. The predicted molar refractivity (Wildman–Crippen MR) is 150 cm³/mol. The lowest BCUT2D eigenvalue weighted by Gasteiger charge is -2.26. The van der Waals surface area contributed by atoms with Crippen molar-refractivity contribution in [2.45, 2.75) is 62.3 Å². The summed E-state index contributed by atoms with van der Waals surface area (Å²) in [6.45, 7) is 5.90. The van der Waals surface area contributed by atoms with Gasteiger partial charge in [-0.1, -0.05) is 44.5 Å². The molecule has 0 saturated carbocycles. The fourth-order valence-corrected chi connectivity index (χ4v) is 6.45. The van der Waals surface area contributed by atoms with E-state index >= 15 is 0 Å². The summed E-state index contributed by atoms with van der Waals surface area (Å²) in [5, 5.41) is 11.6. The molecule has 1 N–H and O–H groups in total. The van der Waals surface area contributed by atoms with Gasteiger partial charge in [0.15, 0.2) is 16.4 Å². The van der Waals surface area contributed by atoms with Crippen molar-refractivity contribution in [3.63, 3.8) is 0 Å². The molecule has 4 aromatic rings. The van der Waals surface area contributed by atoms with E-state index in [9.17, 15) is 18.3 Å². The number of aromatic nitrogens is 3. The third kappa shape index (κ3) is 4.83. The molecule has 2 aromatic carbocycles. The van der Waals surface area contributed by atoms with Crippen LogP contribution in [0.4, 0.5) is 0 Å². The van der Waals surface area contributed by atoms with E-state index in [0.717, 1.165) is 23.1 Å². The second-order valence-corrected chi connectivity index (χ2v) is 11.6. The summed E-state index contributed by atoms with van der Waals surface area (Å²) in [6.07, 6.45) is 5.79. The van der Waals surface area contributed by atoms with Crippen molar-refractivity contribution in [1.82, 2.24) is 14.5 Å². The van der Waals surface area contributed by atoms with Gasteiger partial charge in [0.2, 0.25) is 22.5 Å². The van der Waals surface area contributed by atoms with E-state index in [1.165, 1.54) is 16.7 Å². The van der Waals surface area contributed by atoms with E-state index in [0.29, 0.717) is 42.1 Å². The molecule has 0 saturated heterocycles. The quantitative estimate of drug-likeness (QED) is 0.295. The molecule has 5 rings (SSSR count). The standard InChI is InChI=1S/C30H31N3O6S/c1-4-6-10-26-32-29(34)28(30(35)33(26)24(5-2)23-8-7-9-25-27(23)39-18-38-25)40(36,37)21-13-11-20(12-14-21)22-15-16-31-17-19(22)3/h7-9,11-17,24,35H,4-6,10,18H2,1-3H3. The molecule has 1 aliphatic rings. The maximum absolute atomic E-state index is 13.8. The number of aryl methyl sites for hydroxylation is 2. The van der Waals surface area contributed by atoms with Gasteiger partial charge in [-0.25, -0.2) is 8.42 Å². The third-order valence-electron chi connectivity index (χ3n) is 7.14. The van der Waals surface area contributed by atoms with Crippen LogP contribution >= 0.6 is 0 Å². The van der Waals surface area contributed by atoms with Crippen molar-refractivity contribution in [1.29, 1.82) is 0 Å². The van der Waals surface area contributed by atoms with Crippen LogP contribution in [0, 0.1) is 6.92 Å². The van der Waals surface area contributed by atoms with E-state index < -0.39 is 32.2 Å². The number of ether oxygens (including phenoxy) is 2. The molecule has 1 unspecified atom stereocenters. The van der Waals surface area contributed by atoms with Crippen molar-refractivity contribution < 1.29 is 23.0 Å². The minimum absolute atomic E-state index is 0.0640. The number of hydrogen-bond donors (Lipinski definition) is 1. The number of unbranched alkanes of at least 4 members (excludes halogenated alkanes) is 1. The molecule has 0 fully saturated rings. The summed E-state index contributed by atoms with van der Waals surface area (Å²) in [6, 6.07) is 13.0. The van der Waals surface area contributed by atoms with Gasteiger partial charge in [0, 0.05) is 24.4 Å². The largest absolute Gasteiger partial charge is 0.493 e. The number of pyridine rings is 1. The number of aromatic hydroxyl groups is 1. The van der Waals surface area contributed by atoms with E-state index in [1.54, 1.807) is 30.6 Å². The highest BCUT2D eigenvalue weighted by molar-refractivity contribution is 7.91. The van der Waals surface area contributed by atoms with Crippen LogP contribution in [0.15, 0.2) is 75.5 Å². The zero-order valence-corrected chi connectivity index (χ0v) is 23.4. The molecule has 9 nitrogen and oxygen atoms in total. The van der Waals surface area contributed by atoms with Gasteiger partial charge in [-0.2, -0.15) is 4.98 Å². The van der Waals surface area contributed by atoms with Gasteiger partial charge in [-0.05, 0) is 60.7 Å². The highest BCUT2D eigenvalue weighted by atomic mass is 32.2. The maximum atomic E-state index is 13.8. The number of benzene rings is 2. The molecule has 2 aromatic heterocycles. The Morgan fingerprint density at radius 2 is 1.85 bits per heavy atom. The lowest BCUT2D eigenvalue weighted by molar-refractivity contribution is 0.172. The molecule has 1 aliphatic heterocycles. The first-order chi connectivity index (χ1) is 19.3. The summed E-state index contributed by atoms with van der Waals surface area (Å²) in [4.78, 5) is 20.7. The first kappa shape index (κ1) is 27.4. The van der Waals surface area contributed by atoms with Gasteiger partial charge in [0.05, 0.1) is 10.9 Å². The second kappa shape index (κ2) is 11.1. The Hall–Kier alpha value is -4.18. The Morgan fingerprint density at radius 3 is 2.55 bits per heavy atom. The number of nitrogens with zero attached hydrogens (tertiary/aromatic N) is 3. The van der Waals surface area contributed by atoms with E-state index in [2.05, 4.69) is 9.97 Å². The molecule has 0 bridgehead atoms. The maximum Gasteiger partial charge on any atom is 0.296 e. The number of hydrogen-bond acceptors (Lipinski definition) is 8. The first-order valence-corrected chi connectivity index (χ1v) is 14.7. The third-order valence-corrected chi connectivity index (χ3v) is 8.92. The molecule has 1 atom stereocenters. The molecule has 0 radical (unpaired) electrons. The van der Waals surface area contributed by atoms with Gasteiger partial charge in [-0.15, -0.1) is 0 Å². The van der Waals surface area contributed by atoms with Crippen molar-refractivity contribution in [2.75, 3.05) is 6.79 Å². The smallest absolute Gasteiger partial charge is 0.296 e. The summed E-state index contributed by atoms with van der Waals surface area (Å²) < 4.78 is 40.4. The van der Waals surface area contributed by atoms with Crippen LogP contribution in [0.25, 0.3) is 11.1 Å². The molecule has 0 spiro atoms. The lowest BCUT2D eigenvalue weighted by atomic mass is 10.0. The molecule has 0 amide bonds. The van der Waals surface area contributed by atoms with Crippen molar-refractivity contribution in [3.8, 4) is 28.5 Å². The second-order valence-electron chi connectivity index (χ2n) is 9.68. The average Bonchev–Trinajstić information content (AvgIpc) is 3.43. The van der Waals surface area contributed by atoms with Crippen LogP contribution in [-0.4, -0.2) is 34.9 Å². The Labute approximate surface area is 233 Å². The van der Waals surface area contributed by atoms with Gasteiger partial charge >= 0.3 is 0 Å². The van der Waals surface area contributed by atoms with Crippen molar-refractivity contribution in [2.24, 2.45) is 0 Å². The number of sulfone groups is 1. The van der Waals surface area contributed by atoms with Crippen molar-refractivity contribution >= 4 is 9.84 Å². The van der Waals surface area contributed by atoms with Gasteiger partial charge < -0.3 is 14.6 Å². The Bertz CT molecular complexity index is 1710. The van der Waals surface area contributed by atoms with Crippen molar-refractivity contribution in [3.05, 3.63) is 88.2 Å². The minimum Gasteiger partial charge on any atom is -0.493 e. The molecule has 10 heteroatoms. The first-order valence-electron chi connectivity index (χ1n) is 13.3. The van der Waals surface area contributed by atoms with Gasteiger partial charge in [0.1, 0.15) is 5.82 Å². The highest BCUT2D eigenvalue weighted by Crippen LogP contribution is 2.43. The molecule has 208 valence electrons. The zero-order chi connectivity index (χ0) is 28.4. The molecule has 0 aliphatic carbocycles. The molecular weight excluding hydrogens is 530 g/mol. The average molecular weight is 562 g/mol. The van der Waals surface area contributed by atoms with Crippen LogP contribution in [0.2, 0.25) is 0 Å². The number of fused-ring (bicyclic) bond motifs is 1. The fraction of sp³-hybridized carbons (Fsp3) is 0.300. The lowest BCUT2D eigenvalue weighted by Crippen LogP contribution is -2.27. The summed E-state index contributed by atoms with van der Waals surface area (Å²) in [5.41, 5.74) is 2.38. The Kier molecular flexibility index (Phi) is 7.62.